The second-order valence-electron chi connectivity index (χ2n) is 5.57. The molecular formula is C19H15BrN2O4S. The van der Waals surface area contributed by atoms with E-state index in [1.807, 2.05) is 24.3 Å². The fourth-order valence-corrected chi connectivity index (χ4v) is 3.72. The molecule has 0 aromatic heterocycles. The summed E-state index contributed by atoms with van der Waals surface area (Å²) in [6, 6.07) is 14.3. The van der Waals surface area contributed by atoms with Crippen LogP contribution in [-0.2, 0) is 9.59 Å². The molecule has 1 fully saturated rings. The molecule has 1 aliphatic heterocycles. The Morgan fingerprint density at radius 3 is 2.74 bits per heavy atom. The highest BCUT2D eigenvalue weighted by Crippen LogP contribution is 2.32. The van der Waals surface area contributed by atoms with Crippen molar-refractivity contribution in [1.29, 1.82) is 0 Å². The number of hydrogen-bond donors (Lipinski definition) is 1. The summed E-state index contributed by atoms with van der Waals surface area (Å²) in [6.45, 7) is -0.363. The fraction of sp³-hybridized carbons (Fsp3) is 0.105. The van der Waals surface area contributed by atoms with Gasteiger partial charge in [-0.1, -0.05) is 40.2 Å². The molecule has 1 N–H and O–H groups in total. The zero-order valence-electron chi connectivity index (χ0n) is 14.3. The number of para-hydroxylation sites is 2. The molecule has 0 saturated carbocycles. The van der Waals surface area contributed by atoms with Crippen LogP contribution in [0.15, 0.2) is 57.9 Å². The Labute approximate surface area is 168 Å². The SMILES string of the molecule is COc1ccccc1NC(=O)CN1C(=O)S/C(=C\c2cccc(Br)c2)C1=O. The van der Waals surface area contributed by atoms with E-state index in [0.29, 0.717) is 11.4 Å². The van der Waals surface area contributed by atoms with Crippen LogP contribution in [0.2, 0.25) is 0 Å². The van der Waals surface area contributed by atoms with Crippen LogP contribution in [0.25, 0.3) is 6.08 Å². The first-order chi connectivity index (χ1) is 13.0. The van der Waals surface area contributed by atoms with Crippen molar-refractivity contribution >= 4 is 56.5 Å². The van der Waals surface area contributed by atoms with Gasteiger partial charge in [0.1, 0.15) is 12.3 Å². The van der Waals surface area contributed by atoms with Crippen LogP contribution >= 0.6 is 27.7 Å². The van der Waals surface area contributed by atoms with Crippen molar-refractivity contribution in [3.05, 3.63) is 63.5 Å². The summed E-state index contributed by atoms with van der Waals surface area (Å²) >= 11 is 4.18. The number of amides is 3. The number of ether oxygens (including phenoxy) is 1. The zero-order chi connectivity index (χ0) is 19.4. The van der Waals surface area contributed by atoms with E-state index in [4.69, 9.17) is 4.74 Å². The van der Waals surface area contributed by atoms with Crippen molar-refractivity contribution in [2.24, 2.45) is 0 Å². The van der Waals surface area contributed by atoms with Crippen LogP contribution in [0.5, 0.6) is 5.75 Å². The first kappa shape index (κ1) is 19.2. The highest BCUT2D eigenvalue weighted by Gasteiger charge is 2.36. The number of halogens is 1. The van der Waals surface area contributed by atoms with E-state index < -0.39 is 17.1 Å². The lowest BCUT2D eigenvalue weighted by atomic mass is 10.2. The molecule has 6 nitrogen and oxygen atoms in total. The van der Waals surface area contributed by atoms with Gasteiger partial charge in [0.05, 0.1) is 17.7 Å². The molecule has 2 aromatic rings. The molecule has 1 saturated heterocycles. The van der Waals surface area contributed by atoms with Gasteiger partial charge < -0.3 is 10.1 Å². The normalized spacial score (nSPS) is 15.3. The summed E-state index contributed by atoms with van der Waals surface area (Å²) in [6.07, 6.45) is 1.63. The molecule has 1 heterocycles. The van der Waals surface area contributed by atoms with Crippen LogP contribution in [0.4, 0.5) is 10.5 Å². The Hall–Kier alpha value is -2.58. The maximum absolute atomic E-state index is 12.5. The van der Waals surface area contributed by atoms with Gasteiger partial charge in [-0.25, -0.2) is 0 Å². The number of thioether (sulfide) groups is 1. The molecule has 0 bridgehead atoms. The Morgan fingerprint density at radius 2 is 2.00 bits per heavy atom. The number of carbonyl (C=O) groups is 3. The number of methoxy groups -OCH3 is 1. The molecule has 27 heavy (non-hydrogen) atoms. The van der Waals surface area contributed by atoms with E-state index in [9.17, 15) is 14.4 Å². The molecule has 0 aliphatic carbocycles. The summed E-state index contributed by atoms with van der Waals surface area (Å²) in [5.74, 6) is -0.472. The smallest absolute Gasteiger partial charge is 0.294 e. The Morgan fingerprint density at radius 1 is 1.22 bits per heavy atom. The van der Waals surface area contributed by atoms with Gasteiger partial charge in [0.15, 0.2) is 0 Å². The Kier molecular flexibility index (Phi) is 5.98. The fourth-order valence-electron chi connectivity index (χ4n) is 2.47. The van der Waals surface area contributed by atoms with Crippen LogP contribution < -0.4 is 10.1 Å². The van der Waals surface area contributed by atoms with E-state index in [2.05, 4.69) is 21.2 Å². The number of benzene rings is 2. The summed E-state index contributed by atoms with van der Waals surface area (Å²) < 4.78 is 6.04. The Bertz CT molecular complexity index is 945. The minimum Gasteiger partial charge on any atom is -0.495 e. The van der Waals surface area contributed by atoms with E-state index in [1.165, 1.54) is 7.11 Å². The molecule has 0 atom stereocenters. The zero-order valence-corrected chi connectivity index (χ0v) is 16.7. The van der Waals surface area contributed by atoms with Crippen molar-refractivity contribution in [2.75, 3.05) is 19.0 Å². The van der Waals surface area contributed by atoms with Crippen LogP contribution in [0.1, 0.15) is 5.56 Å². The molecule has 0 spiro atoms. The maximum Gasteiger partial charge on any atom is 0.294 e. The lowest BCUT2D eigenvalue weighted by Gasteiger charge is -2.14. The van der Waals surface area contributed by atoms with Gasteiger partial charge in [-0.15, -0.1) is 0 Å². The van der Waals surface area contributed by atoms with Gasteiger partial charge in [-0.05, 0) is 47.7 Å². The average Bonchev–Trinajstić information content (AvgIpc) is 2.89. The van der Waals surface area contributed by atoms with E-state index in [0.717, 1.165) is 26.7 Å². The molecule has 1 aliphatic rings. The molecule has 138 valence electrons. The third-order valence-electron chi connectivity index (χ3n) is 3.70. The number of nitrogens with zero attached hydrogens (tertiary/aromatic N) is 1. The molecule has 3 amide bonds. The van der Waals surface area contributed by atoms with Gasteiger partial charge in [0.2, 0.25) is 5.91 Å². The molecule has 3 rings (SSSR count). The topological polar surface area (TPSA) is 75.7 Å². The molecule has 8 heteroatoms. The third-order valence-corrected chi connectivity index (χ3v) is 5.10. The molecular weight excluding hydrogens is 432 g/mol. The number of carbonyl (C=O) groups excluding carboxylic acids is 3. The van der Waals surface area contributed by atoms with Crippen molar-refractivity contribution in [2.45, 2.75) is 0 Å². The van der Waals surface area contributed by atoms with E-state index in [-0.39, 0.29) is 11.4 Å². The van der Waals surface area contributed by atoms with Gasteiger partial charge in [0, 0.05) is 4.47 Å². The lowest BCUT2D eigenvalue weighted by Crippen LogP contribution is -2.36. The second kappa shape index (κ2) is 8.41. The van der Waals surface area contributed by atoms with Crippen LogP contribution in [0, 0.1) is 0 Å². The van der Waals surface area contributed by atoms with Gasteiger partial charge in [-0.2, -0.15) is 0 Å². The third kappa shape index (κ3) is 4.58. The van der Waals surface area contributed by atoms with Gasteiger partial charge in [-0.3, -0.25) is 19.3 Å². The minimum absolute atomic E-state index is 0.281. The number of imide groups is 1. The first-order valence-electron chi connectivity index (χ1n) is 7.92. The second-order valence-corrected chi connectivity index (χ2v) is 7.48. The van der Waals surface area contributed by atoms with E-state index in [1.54, 1.807) is 30.3 Å². The summed E-state index contributed by atoms with van der Waals surface area (Å²) in [7, 11) is 1.49. The summed E-state index contributed by atoms with van der Waals surface area (Å²) in [4.78, 5) is 38.2. The highest BCUT2D eigenvalue weighted by atomic mass is 79.9. The number of anilines is 1. The van der Waals surface area contributed by atoms with Gasteiger partial charge in [0.25, 0.3) is 11.1 Å². The highest BCUT2D eigenvalue weighted by molar-refractivity contribution is 9.10. The largest absolute Gasteiger partial charge is 0.495 e. The summed E-state index contributed by atoms with van der Waals surface area (Å²) in [5, 5.41) is 2.18. The predicted octanol–water partition coefficient (Wildman–Crippen LogP) is 4.13. The monoisotopic (exact) mass is 446 g/mol. The number of hydrogen-bond acceptors (Lipinski definition) is 5. The lowest BCUT2D eigenvalue weighted by molar-refractivity contribution is -0.127. The average molecular weight is 447 g/mol. The standard InChI is InChI=1S/C19H15BrN2O4S/c1-26-15-8-3-2-7-14(15)21-17(23)11-22-18(24)16(27-19(22)25)10-12-5-4-6-13(20)9-12/h2-10H,11H2,1H3,(H,21,23)/b16-10-. The van der Waals surface area contributed by atoms with E-state index >= 15 is 0 Å². The number of nitrogens with one attached hydrogen (secondary N) is 1. The number of rotatable bonds is 5. The minimum atomic E-state index is -0.486. The van der Waals surface area contributed by atoms with Crippen LogP contribution in [-0.4, -0.2) is 35.6 Å². The van der Waals surface area contributed by atoms with Crippen LogP contribution in [0.3, 0.4) is 0 Å². The molecule has 0 unspecified atom stereocenters. The first-order valence-corrected chi connectivity index (χ1v) is 9.52. The Balaban J connectivity index is 1.71. The summed E-state index contributed by atoms with van der Waals surface area (Å²) in [5.41, 5.74) is 1.26. The van der Waals surface area contributed by atoms with Gasteiger partial charge >= 0.3 is 0 Å². The molecule has 2 aromatic carbocycles. The van der Waals surface area contributed by atoms with Crippen molar-refractivity contribution in [1.82, 2.24) is 4.90 Å². The maximum atomic E-state index is 12.5. The quantitative estimate of drug-likeness (QED) is 0.698. The van der Waals surface area contributed by atoms with Crippen molar-refractivity contribution in [3.63, 3.8) is 0 Å². The molecule has 0 radical (unpaired) electrons. The van der Waals surface area contributed by atoms with Crippen molar-refractivity contribution < 1.29 is 19.1 Å². The predicted molar refractivity (Wildman–Crippen MR) is 108 cm³/mol. The van der Waals surface area contributed by atoms with Crippen molar-refractivity contribution in [3.8, 4) is 5.75 Å².